The van der Waals surface area contributed by atoms with Gasteiger partial charge in [0.15, 0.2) is 11.0 Å². The molecule has 0 amide bonds. The number of methoxy groups -OCH3 is 1. The molecule has 19 heavy (non-hydrogen) atoms. The fourth-order valence-electron chi connectivity index (χ4n) is 1.51. The maximum Gasteiger partial charge on any atom is 0.172 e. The van der Waals surface area contributed by atoms with Crippen molar-refractivity contribution in [2.24, 2.45) is 0 Å². The first-order valence-electron chi connectivity index (χ1n) is 5.62. The molecule has 6 heteroatoms. The molecule has 100 valence electrons. The summed E-state index contributed by atoms with van der Waals surface area (Å²) in [6, 6.07) is 5.61. The van der Waals surface area contributed by atoms with Crippen LogP contribution in [0.3, 0.4) is 0 Å². The summed E-state index contributed by atoms with van der Waals surface area (Å²) in [5.41, 5.74) is 2.48. The van der Waals surface area contributed by atoms with Crippen molar-refractivity contribution in [3.63, 3.8) is 0 Å². The highest BCUT2D eigenvalue weighted by atomic mass is 79.9. The van der Waals surface area contributed by atoms with E-state index in [2.05, 4.69) is 31.2 Å². The molecule has 1 heterocycles. The van der Waals surface area contributed by atoms with Crippen LogP contribution in [0.15, 0.2) is 22.7 Å². The van der Waals surface area contributed by atoms with E-state index in [9.17, 15) is 0 Å². The highest BCUT2D eigenvalue weighted by Crippen LogP contribution is 2.31. The fourth-order valence-corrected chi connectivity index (χ4v) is 2.07. The van der Waals surface area contributed by atoms with E-state index in [1.54, 1.807) is 7.11 Å². The normalized spacial score (nSPS) is 10.4. The molecule has 4 nitrogen and oxygen atoms in total. The predicted molar refractivity (Wildman–Crippen MR) is 80.5 cm³/mol. The summed E-state index contributed by atoms with van der Waals surface area (Å²) in [5.74, 6) is 1.28. The number of aryl methyl sites for hydroxylation is 2. The van der Waals surface area contributed by atoms with Crippen LogP contribution in [0.5, 0.6) is 5.75 Å². The van der Waals surface area contributed by atoms with E-state index in [-0.39, 0.29) is 0 Å². The predicted octanol–water partition coefficient (Wildman–Crippen LogP) is 4.26. The second-order valence-electron chi connectivity index (χ2n) is 4.00. The Hall–Kier alpha value is -1.33. The zero-order chi connectivity index (χ0) is 14.0. The lowest BCUT2D eigenvalue weighted by molar-refractivity contribution is 0.415. The van der Waals surface area contributed by atoms with E-state index in [1.807, 2.05) is 32.0 Å². The number of ether oxygens (including phenoxy) is 1. The fraction of sp³-hybridized carbons (Fsp3) is 0.231. The molecule has 1 aromatic carbocycles. The number of benzene rings is 1. The Morgan fingerprint density at radius 2 is 1.89 bits per heavy atom. The van der Waals surface area contributed by atoms with Crippen LogP contribution >= 0.6 is 27.5 Å². The SMILES string of the molecule is COc1ccc(Br)c(Nc2nc(C)c(C)nc2Cl)c1. The molecule has 2 aromatic rings. The molecule has 0 atom stereocenters. The molecule has 0 unspecified atom stereocenters. The molecule has 0 radical (unpaired) electrons. The van der Waals surface area contributed by atoms with Crippen molar-refractivity contribution in [3.8, 4) is 5.75 Å². The van der Waals surface area contributed by atoms with Crippen LogP contribution < -0.4 is 10.1 Å². The van der Waals surface area contributed by atoms with Gasteiger partial charge in [-0.2, -0.15) is 0 Å². The van der Waals surface area contributed by atoms with Crippen LogP contribution in [0.2, 0.25) is 5.15 Å². The number of nitrogens with one attached hydrogen (secondary N) is 1. The standard InChI is InChI=1S/C13H13BrClN3O/c1-7-8(2)17-13(12(15)16-7)18-11-6-9(19-3)4-5-10(11)14/h4-6H,1-3H3,(H,17,18). The Morgan fingerprint density at radius 3 is 2.58 bits per heavy atom. The number of hydrogen-bond acceptors (Lipinski definition) is 4. The second-order valence-corrected chi connectivity index (χ2v) is 5.22. The molecule has 1 N–H and O–H groups in total. The van der Waals surface area contributed by atoms with Crippen LogP contribution in [0, 0.1) is 13.8 Å². The summed E-state index contributed by atoms with van der Waals surface area (Å²) in [4.78, 5) is 8.63. The van der Waals surface area contributed by atoms with Gasteiger partial charge in [-0.25, -0.2) is 9.97 Å². The van der Waals surface area contributed by atoms with Crippen molar-refractivity contribution >= 4 is 39.0 Å². The first-order chi connectivity index (χ1) is 9.01. The van der Waals surface area contributed by atoms with Crippen molar-refractivity contribution in [2.45, 2.75) is 13.8 Å². The lowest BCUT2D eigenvalue weighted by Crippen LogP contribution is -2.01. The molecular weight excluding hydrogens is 330 g/mol. The van der Waals surface area contributed by atoms with Gasteiger partial charge in [-0.1, -0.05) is 11.6 Å². The van der Waals surface area contributed by atoms with Crippen LogP contribution in [0.1, 0.15) is 11.4 Å². The molecule has 0 aliphatic carbocycles. The second kappa shape index (κ2) is 5.75. The maximum absolute atomic E-state index is 6.09. The van der Waals surface area contributed by atoms with Crippen LogP contribution in [-0.2, 0) is 0 Å². The van der Waals surface area contributed by atoms with Gasteiger partial charge in [0.05, 0.1) is 24.2 Å². The summed E-state index contributed by atoms with van der Waals surface area (Å²) in [7, 11) is 1.62. The Morgan fingerprint density at radius 1 is 1.21 bits per heavy atom. The van der Waals surface area contributed by atoms with Crippen LogP contribution in [0.4, 0.5) is 11.5 Å². The highest BCUT2D eigenvalue weighted by molar-refractivity contribution is 9.10. The van der Waals surface area contributed by atoms with Gasteiger partial charge in [0.25, 0.3) is 0 Å². The molecule has 0 saturated heterocycles. The lowest BCUT2D eigenvalue weighted by atomic mass is 10.3. The van der Waals surface area contributed by atoms with Crippen molar-refractivity contribution in [3.05, 3.63) is 39.2 Å². The maximum atomic E-state index is 6.09. The van der Waals surface area contributed by atoms with Gasteiger partial charge < -0.3 is 10.1 Å². The van der Waals surface area contributed by atoms with E-state index in [0.717, 1.165) is 27.3 Å². The third kappa shape index (κ3) is 3.16. The van der Waals surface area contributed by atoms with Crippen molar-refractivity contribution in [2.75, 3.05) is 12.4 Å². The first kappa shape index (κ1) is 14.1. The molecule has 2 rings (SSSR count). The van der Waals surface area contributed by atoms with Crippen molar-refractivity contribution < 1.29 is 4.74 Å². The minimum Gasteiger partial charge on any atom is -0.497 e. The molecule has 0 fully saturated rings. The van der Waals surface area contributed by atoms with Crippen molar-refractivity contribution in [1.82, 2.24) is 9.97 Å². The van der Waals surface area contributed by atoms with E-state index < -0.39 is 0 Å². The molecule has 1 aromatic heterocycles. The molecule has 0 saturated carbocycles. The number of hydrogen-bond donors (Lipinski definition) is 1. The average molecular weight is 343 g/mol. The Bertz CT molecular complexity index is 619. The van der Waals surface area contributed by atoms with Gasteiger partial charge in [0.1, 0.15) is 5.75 Å². The molecule has 0 spiro atoms. The average Bonchev–Trinajstić information content (AvgIpc) is 2.38. The zero-order valence-electron chi connectivity index (χ0n) is 10.8. The third-order valence-electron chi connectivity index (χ3n) is 2.69. The quantitative estimate of drug-likeness (QED) is 0.905. The summed E-state index contributed by atoms with van der Waals surface area (Å²) in [5, 5.41) is 3.50. The minimum absolute atomic E-state index is 0.345. The lowest BCUT2D eigenvalue weighted by Gasteiger charge is -2.11. The van der Waals surface area contributed by atoms with E-state index >= 15 is 0 Å². The van der Waals surface area contributed by atoms with E-state index in [0.29, 0.717) is 11.0 Å². The summed E-state index contributed by atoms with van der Waals surface area (Å²) in [6.45, 7) is 3.77. The Labute approximate surface area is 125 Å². The van der Waals surface area contributed by atoms with Crippen LogP contribution in [-0.4, -0.2) is 17.1 Å². The Kier molecular flexibility index (Phi) is 4.27. The number of halogens is 2. The summed E-state index contributed by atoms with van der Waals surface area (Å²) >= 11 is 9.56. The molecule has 0 aliphatic heterocycles. The molecular formula is C13H13BrClN3O. The van der Waals surface area contributed by atoms with Gasteiger partial charge in [-0.05, 0) is 41.9 Å². The highest BCUT2D eigenvalue weighted by Gasteiger charge is 2.09. The number of rotatable bonds is 3. The van der Waals surface area contributed by atoms with Crippen LogP contribution in [0.25, 0.3) is 0 Å². The summed E-state index contributed by atoms with van der Waals surface area (Å²) < 4.78 is 6.08. The number of aromatic nitrogens is 2. The van der Waals surface area contributed by atoms with Gasteiger partial charge in [-0.3, -0.25) is 0 Å². The topological polar surface area (TPSA) is 47.0 Å². The monoisotopic (exact) mass is 341 g/mol. The van der Waals surface area contributed by atoms with Gasteiger partial charge >= 0.3 is 0 Å². The third-order valence-corrected chi connectivity index (χ3v) is 3.65. The largest absolute Gasteiger partial charge is 0.497 e. The van der Waals surface area contributed by atoms with E-state index in [1.165, 1.54) is 0 Å². The number of nitrogens with zero attached hydrogens (tertiary/aromatic N) is 2. The molecule has 0 bridgehead atoms. The van der Waals surface area contributed by atoms with E-state index in [4.69, 9.17) is 16.3 Å². The van der Waals surface area contributed by atoms with Gasteiger partial charge in [0.2, 0.25) is 0 Å². The van der Waals surface area contributed by atoms with Gasteiger partial charge in [0, 0.05) is 10.5 Å². The van der Waals surface area contributed by atoms with Crippen molar-refractivity contribution in [1.29, 1.82) is 0 Å². The zero-order valence-corrected chi connectivity index (χ0v) is 13.1. The number of anilines is 2. The van der Waals surface area contributed by atoms with Gasteiger partial charge in [-0.15, -0.1) is 0 Å². The molecule has 0 aliphatic rings. The summed E-state index contributed by atoms with van der Waals surface area (Å²) in [6.07, 6.45) is 0. The first-order valence-corrected chi connectivity index (χ1v) is 6.79. The minimum atomic E-state index is 0.345. The Balaban J connectivity index is 2.38. The smallest absolute Gasteiger partial charge is 0.172 e.